The molecule has 2 amide bonds. The summed E-state index contributed by atoms with van der Waals surface area (Å²) in [5, 5.41) is 22.2. The van der Waals surface area contributed by atoms with Crippen LogP contribution in [0.5, 0.6) is 5.75 Å². The van der Waals surface area contributed by atoms with E-state index in [9.17, 15) is 24.6 Å². The minimum absolute atomic E-state index is 0.107. The first kappa shape index (κ1) is 24.1. The number of phenols is 1. The van der Waals surface area contributed by atoms with Crippen molar-refractivity contribution < 1.29 is 34.1 Å². The number of ether oxygens (including phenoxy) is 2. The molecule has 4 atom stereocenters. The quantitative estimate of drug-likeness (QED) is 0.487. The smallest absolute Gasteiger partial charge is 0.335 e. The molecular weight excluding hydrogens is 488 g/mol. The van der Waals surface area contributed by atoms with E-state index < -0.39 is 23.9 Å². The van der Waals surface area contributed by atoms with Crippen LogP contribution in [0.3, 0.4) is 0 Å². The third kappa shape index (κ3) is 3.74. The number of hydrogen-bond donors (Lipinski definition) is 3. The van der Waals surface area contributed by atoms with Gasteiger partial charge in [-0.05, 0) is 47.4 Å². The number of benzene rings is 3. The van der Waals surface area contributed by atoms with Crippen LogP contribution in [0.2, 0.25) is 0 Å². The van der Waals surface area contributed by atoms with E-state index in [0.717, 1.165) is 16.7 Å². The largest absolute Gasteiger partial charge is 0.508 e. The van der Waals surface area contributed by atoms with Crippen molar-refractivity contribution in [2.24, 2.45) is 0 Å². The summed E-state index contributed by atoms with van der Waals surface area (Å²) >= 11 is 0. The van der Waals surface area contributed by atoms with Crippen molar-refractivity contribution in [2.45, 2.75) is 37.2 Å². The summed E-state index contributed by atoms with van der Waals surface area (Å²) < 4.78 is 12.0. The zero-order chi connectivity index (χ0) is 26.6. The van der Waals surface area contributed by atoms with E-state index in [1.165, 1.54) is 6.92 Å². The molecule has 2 heterocycles. The molecule has 3 unspecified atom stereocenters. The van der Waals surface area contributed by atoms with Gasteiger partial charge >= 0.3 is 5.97 Å². The fourth-order valence-corrected chi connectivity index (χ4v) is 5.90. The first-order chi connectivity index (χ1) is 18.3. The second-order valence-corrected chi connectivity index (χ2v) is 9.81. The van der Waals surface area contributed by atoms with Gasteiger partial charge < -0.3 is 29.9 Å². The van der Waals surface area contributed by atoms with Crippen molar-refractivity contribution >= 4 is 23.5 Å². The van der Waals surface area contributed by atoms with Crippen LogP contribution in [0.1, 0.15) is 36.0 Å². The lowest BCUT2D eigenvalue weighted by atomic mass is 9.91. The lowest BCUT2D eigenvalue weighted by Crippen LogP contribution is -2.44. The third-order valence-corrected chi connectivity index (χ3v) is 7.63. The van der Waals surface area contributed by atoms with E-state index in [4.69, 9.17) is 9.47 Å². The lowest BCUT2D eigenvalue weighted by molar-refractivity contribution is -0.165. The van der Waals surface area contributed by atoms with Gasteiger partial charge in [0.2, 0.25) is 17.6 Å². The van der Waals surface area contributed by atoms with Crippen molar-refractivity contribution in [3.05, 3.63) is 83.4 Å². The van der Waals surface area contributed by atoms with Crippen molar-refractivity contribution in [1.82, 2.24) is 4.90 Å². The molecule has 3 aliphatic rings. The summed E-state index contributed by atoms with van der Waals surface area (Å²) in [4.78, 5) is 39.3. The Morgan fingerprint density at radius 2 is 1.74 bits per heavy atom. The minimum Gasteiger partial charge on any atom is -0.508 e. The Balaban J connectivity index is 1.34. The molecule has 0 aromatic heterocycles. The molecule has 1 aliphatic carbocycles. The number of carboxylic acid groups (broad SMARTS) is 1. The molecule has 194 valence electrons. The molecule has 3 N–H and O–H groups in total. The summed E-state index contributed by atoms with van der Waals surface area (Å²) in [5.41, 5.74) is 4.38. The number of nitrogens with zero attached hydrogens (tertiary/aromatic N) is 1. The van der Waals surface area contributed by atoms with Crippen molar-refractivity contribution in [2.75, 3.05) is 18.5 Å². The Bertz CT molecular complexity index is 1450. The summed E-state index contributed by atoms with van der Waals surface area (Å²) in [6, 6.07) is 18.9. The van der Waals surface area contributed by atoms with Gasteiger partial charge in [-0.25, -0.2) is 4.79 Å². The number of rotatable bonds is 4. The number of amides is 2. The van der Waals surface area contributed by atoms with Crippen LogP contribution in [-0.4, -0.2) is 58.2 Å². The standard InChI is InChI=1S/C29H26N2O7/c1-16(32)31-13-12-20(17-6-9-19(33)10-7-17)26(31)27(34)30-18-8-11-22-21-4-2-3-5-23(21)29(24(22)14-18)37-15-25(38-29)28(35)36/h2-11,14,20,25-26,33H,12-13,15H2,1H3,(H,30,34)(H,35,36)/t20?,25?,26-,29?/m0/s1. The molecule has 2 fully saturated rings. The van der Waals surface area contributed by atoms with Crippen LogP contribution in [0.25, 0.3) is 11.1 Å². The van der Waals surface area contributed by atoms with E-state index >= 15 is 0 Å². The van der Waals surface area contributed by atoms with Crippen molar-refractivity contribution in [3.8, 4) is 16.9 Å². The molecule has 3 aromatic rings. The van der Waals surface area contributed by atoms with Gasteiger partial charge in [0.1, 0.15) is 11.8 Å². The van der Waals surface area contributed by atoms with E-state index in [1.807, 2.05) is 30.3 Å². The number of hydrogen-bond acceptors (Lipinski definition) is 6. The van der Waals surface area contributed by atoms with Crippen LogP contribution in [-0.2, 0) is 29.6 Å². The van der Waals surface area contributed by atoms with Gasteiger partial charge in [-0.15, -0.1) is 0 Å². The topological polar surface area (TPSA) is 125 Å². The SMILES string of the molecule is CC(=O)N1CCC(c2ccc(O)cc2)[C@H]1C(=O)Nc1ccc2c(c1)C1(OCC(C(=O)O)O1)c1ccccc1-2. The molecule has 2 aliphatic heterocycles. The highest BCUT2D eigenvalue weighted by Gasteiger charge is 2.53. The Kier molecular flexibility index (Phi) is 5.70. The average molecular weight is 515 g/mol. The maximum Gasteiger partial charge on any atom is 0.335 e. The molecule has 3 aromatic carbocycles. The normalized spacial score (nSPS) is 25.3. The first-order valence-corrected chi connectivity index (χ1v) is 12.4. The zero-order valence-electron chi connectivity index (χ0n) is 20.6. The van der Waals surface area contributed by atoms with Gasteiger partial charge in [-0.1, -0.05) is 42.5 Å². The number of fused-ring (bicyclic) bond motifs is 5. The minimum atomic E-state index is -1.39. The number of phenolic OH excluding ortho intramolecular Hbond substituents is 1. The van der Waals surface area contributed by atoms with E-state index in [2.05, 4.69) is 5.32 Å². The molecule has 0 radical (unpaired) electrons. The summed E-state index contributed by atoms with van der Waals surface area (Å²) in [6.45, 7) is 1.78. The van der Waals surface area contributed by atoms with Crippen LogP contribution in [0.15, 0.2) is 66.7 Å². The van der Waals surface area contributed by atoms with Crippen molar-refractivity contribution in [3.63, 3.8) is 0 Å². The Morgan fingerprint density at radius 1 is 1.00 bits per heavy atom. The Hall–Kier alpha value is -4.21. The molecule has 0 bridgehead atoms. The monoisotopic (exact) mass is 514 g/mol. The van der Waals surface area contributed by atoms with E-state index in [1.54, 1.807) is 41.3 Å². The lowest BCUT2D eigenvalue weighted by Gasteiger charge is -2.27. The number of carboxylic acids is 1. The first-order valence-electron chi connectivity index (χ1n) is 12.4. The second kappa shape index (κ2) is 8.97. The molecular formula is C29H26N2O7. The highest BCUT2D eigenvalue weighted by atomic mass is 16.8. The fraction of sp³-hybridized carbons (Fsp3) is 0.276. The molecule has 1 spiro atoms. The summed E-state index contributed by atoms with van der Waals surface area (Å²) in [5.74, 6) is -3.13. The summed E-state index contributed by atoms with van der Waals surface area (Å²) in [7, 11) is 0. The van der Waals surface area contributed by atoms with Gasteiger partial charge in [0.25, 0.3) is 0 Å². The van der Waals surface area contributed by atoms with Crippen LogP contribution in [0.4, 0.5) is 5.69 Å². The predicted octanol–water partition coefficient (Wildman–Crippen LogP) is 3.42. The van der Waals surface area contributed by atoms with E-state index in [0.29, 0.717) is 29.8 Å². The molecule has 38 heavy (non-hydrogen) atoms. The number of aromatic hydroxyl groups is 1. The number of anilines is 1. The number of carbonyl (C=O) groups excluding carboxylic acids is 2. The Morgan fingerprint density at radius 3 is 2.45 bits per heavy atom. The maximum absolute atomic E-state index is 13.7. The Labute approximate surface area is 218 Å². The molecule has 6 rings (SSSR count). The number of aliphatic carboxylic acids is 1. The van der Waals surface area contributed by atoms with Crippen LogP contribution in [0, 0.1) is 0 Å². The number of likely N-dealkylation sites (tertiary alicyclic amines) is 1. The van der Waals surface area contributed by atoms with Crippen molar-refractivity contribution in [1.29, 1.82) is 0 Å². The third-order valence-electron chi connectivity index (χ3n) is 7.63. The van der Waals surface area contributed by atoms with Gasteiger partial charge in [-0.2, -0.15) is 0 Å². The summed E-state index contributed by atoms with van der Waals surface area (Å²) in [6.07, 6.45) is -0.510. The van der Waals surface area contributed by atoms with Gasteiger partial charge in [0.05, 0.1) is 6.61 Å². The van der Waals surface area contributed by atoms with Crippen LogP contribution >= 0.6 is 0 Å². The number of nitrogens with one attached hydrogen (secondary N) is 1. The molecule has 9 heteroatoms. The number of carbonyl (C=O) groups is 3. The predicted molar refractivity (Wildman–Crippen MR) is 136 cm³/mol. The average Bonchev–Trinajstić information content (AvgIpc) is 3.61. The fourth-order valence-electron chi connectivity index (χ4n) is 5.90. The van der Waals surface area contributed by atoms with E-state index in [-0.39, 0.29) is 30.1 Å². The molecule has 0 saturated carbocycles. The highest BCUT2D eigenvalue weighted by Crippen LogP contribution is 2.53. The van der Waals surface area contributed by atoms with Crippen LogP contribution < -0.4 is 5.32 Å². The second-order valence-electron chi connectivity index (χ2n) is 9.81. The highest BCUT2D eigenvalue weighted by molar-refractivity contribution is 5.99. The maximum atomic E-state index is 13.7. The van der Waals surface area contributed by atoms with Gasteiger partial charge in [0.15, 0.2) is 6.10 Å². The molecule has 9 nitrogen and oxygen atoms in total. The van der Waals surface area contributed by atoms with Gasteiger partial charge in [0, 0.05) is 36.2 Å². The molecule has 2 saturated heterocycles. The van der Waals surface area contributed by atoms with Gasteiger partial charge in [-0.3, -0.25) is 9.59 Å². The zero-order valence-corrected chi connectivity index (χ0v) is 20.6.